The summed E-state index contributed by atoms with van der Waals surface area (Å²) in [5, 5.41) is 0. The van der Waals surface area contributed by atoms with Gasteiger partial charge >= 0.3 is 17.9 Å². The van der Waals surface area contributed by atoms with E-state index in [0.29, 0.717) is 19.3 Å². The normalized spacial score (nSPS) is 12.4. The summed E-state index contributed by atoms with van der Waals surface area (Å²) in [6.07, 6.45) is 80.2. The van der Waals surface area contributed by atoms with Crippen molar-refractivity contribution < 1.29 is 28.6 Å². The lowest BCUT2D eigenvalue weighted by Gasteiger charge is -2.18. The predicted octanol–water partition coefficient (Wildman–Crippen LogP) is 21.9. The molecule has 0 heterocycles. The van der Waals surface area contributed by atoms with Crippen LogP contribution in [0.3, 0.4) is 0 Å². The first-order chi connectivity index (χ1) is 36.5. The second-order valence-electron chi connectivity index (χ2n) is 21.6. The van der Waals surface area contributed by atoms with E-state index in [1.807, 2.05) is 0 Å². The minimum atomic E-state index is -0.771. The molecule has 0 fully saturated rings. The number of rotatable bonds is 59. The average molecular weight is 1040 g/mol. The number of hydrogen-bond acceptors (Lipinski definition) is 6. The molecule has 0 radical (unpaired) electrons. The van der Waals surface area contributed by atoms with Crippen LogP contribution in [0.25, 0.3) is 0 Å². The van der Waals surface area contributed by atoms with Crippen LogP contribution in [0, 0.1) is 0 Å². The van der Waals surface area contributed by atoms with Crippen molar-refractivity contribution in [3.63, 3.8) is 0 Å². The number of hydrogen-bond donors (Lipinski definition) is 0. The lowest BCUT2D eigenvalue weighted by molar-refractivity contribution is -0.167. The first-order valence-corrected chi connectivity index (χ1v) is 32.3. The number of ether oxygens (including phenoxy) is 3. The summed E-state index contributed by atoms with van der Waals surface area (Å²) in [6, 6.07) is 0. The van der Waals surface area contributed by atoms with Crippen molar-refractivity contribution in [1.29, 1.82) is 0 Å². The van der Waals surface area contributed by atoms with Crippen LogP contribution in [-0.4, -0.2) is 37.2 Å². The summed E-state index contributed by atoms with van der Waals surface area (Å²) < 4.78 is 16.7. The molecule has 6 nitrogen and oxygen atoms in total. The van der Waals surface area contributed by atoms with Crippen LogP contribution in [0.15, 0.2) is 60.8 Å². The molecular weight excluding hydrogens is 913 g/mol. The number of carbonyl (C=O) groups excluding carboxylic acids is 3. The van der Waals surface area contributed by atoms with Crippen LogP contribution in [0.5, 0.6) is 0 Å². The van der Waals surface area contributed by atoms with Crippen molar-refractivity contribution in [1.82, 2.24) is 0 Å². The molecule has 0 aromatic carbocycles. The quantitative estimate of drug-likeness (QED) is 0.0261. The largest absolute Gasteiger partial charge is 0.462 e. The molecule has 0 aromatic rings. The van der Waals surface area contributed by atoms with Gasteiger partial charge in [-0.15, -0.1) is 0 Å². The Morgan fingerprint density at radius 2 is 0.527 bits per heavy atom. The molecule has 0 spiro atoms. The fourth-order valence-electron chi connectivity index (χ4n) is 9.43. The van der Waals surface area contributed by atoms with Gasteiger partial charge in [-0.05, 0) is 83.5 Å². The fourth-order valence-corrected chi connectivity index (χ4v) is 9.43. The molecule has 0 aliphatic rings. The van der Waals surface area contributed by atoms with Gasteiger partial charge in [-0.2, -0.15) is 0 Å². The van der Waals surface area contributed by atoms with E-state index in [9.17, 15) is 14.4 Å². The zero-order valence-corrected chi connectivity index (χ0v) is 49.4. The van der Waals surface area contributed by atoms with E-state index in [4.69, 9.17) is 14.2 Å². The van der Waals surface area contributed by atoms with Gasteiger partial charge in [-0.25, -0.2) is 0 Å². The van der Waals surface area contributed by atoms with E-state index in [2.05, 4.69) is 81.5 Å². The van der Waals surface area contributed by atoms with Crippen LogP contribution in [-0.2, 0) is 28.6 Å². The van der Waals surface area contributed by atoms with E-state index < -0.39 is 6.10 Å². The Kier molecular flexibility index (Phi) is 60.2. The molecule has 0 bridgehead atoms. The summed E-state index contributed by atoms with van der Waals surface area (Å²) in [5.41, 5.74) is 0. The molecule has 6 heteroatoms. The molecule has 1 unspecified atom stereocenters. The Hall–Kier alpha value is -2.89. The van der Waals surface area contributed by atoms with Crippen LogP contribution in [0.2, 0.25) is 0 Å². The molecule has 1 atom stereocenters. The lowest BCUT2D eigenvalue weighted by Crippen LogP contribution is -2.30. The highest BCUT2D eigenvalue weighted by atomic mass is 16.6. The maximum Gasteiger partial charge on any atom is 0.306 e. The Balaban J connectivity index is 3.88. The topological polar surface area (TPSA) is 78.9 Å². The minimum Gasteiger partial charge on any atom is -0.462 e. The number of esters is 3. The molecule has 0 amide bonds. The fraction of sp³-hybridized carbons (Fsp3) is 0.809. The second kappa shape index (κ2) is 62.6. The third-order valence-corrected chi connectivity index (χ3v) is 14.3. The summed E-state index contributed by atoms with van der Waals surface area (Å²) in [5.74, 6) is -0.879. The van der Waals surface area contributed by atoms with Crippen LogP contribution in [0.1, 0.15) is 335 Å². The number of allylic oxidation sites excluding steroid dienone is 10. The van der Waals surface area contributed by atoms with Gasteiger partial charge in [-0.1, -0.05) is 293 Å². The summed E-state index contributed by atoms with van der Waals surface area (Å²) in [7, 11) is 0. The molecule has 0 aliphatic heterocycles. The second-order valence-corrected chi connectivity index (χ2v) is 21.6. The average Bonchev–Trinajstić information content (AvgIpc) is 3.40. The van der Waals surface area contributed by atoms with Crippen LogP contribution < -0.4 is 0 Å². The van der Waals surface area contributed by atoms with Gasteiger partial charge in [0.05, 0.1) is 0 Å². The van der Waals surface area contributed by atoms with Crippen molar-refractivity contribution in [2.75, 3.05) is 13.2 Å². The smallest absolute Gasteiger partial charge is 0.306 e. The first kappa shape index (κ1) is 71.1. The zero-order valence-electron chi connectivity index (χ0n) is 49.4. The Morgan fingerprint density at radius 1 is 0.284 bits per heavy atom. The van der Waals surface area contributed by atoms with E-state index >= 15 is 0 Å². The first-order valence-electron chi connectivity index (χ1n) is 32.3. The van der Waals surface area contributed by atoms with Gasteiger partial charge in [0.15, 0.2) is 6.10 Å². The van der Waals surface area contributed by atoms with E-state index in [0.717, 1.165) is 96.3 Å². The molecule has 0 saturated heterocycles. The Morgan fingerprint density at radius 3 is 0.838 bits per heavy atom. The molecule has 0 aliphatic carbocycles. The Bertz CT molecular complexity index is 1330. The molecule has 0 saturated carbocycles. The van der Waals surface area contributed by atoms with Crippen LogP contribution >= 0.6 is 0 Å². The van der Waals surface area contributed by atoms with Crippen molar-refractivity contribution in [2.45, 2.75) is 341 Å². The summed E-state index contributed by atoms with van der Waals surface area (Å²) in [6.45, 7) is 6.47. The maximum atomic E-state index is 12.8. The third kappa shape index (κ3) is 60.0. The standard InChI is InChI=1S/C68H122O6/c1-4-7-10-13-15-17-19-21-23-25-26-27-28-29-30-31-32-33-34-35-36-37-38-39-40-41-42-43-45-46-48-50-52-55-58-61-67(70)73-64-65(63-72-66(69)60-57-54-12-9-6-3)74-68(71)62-59-56-53-51-49-47-44-24-22-20-18-16-14-11-8-5-2/h7,10,15,17,21,23-24,26-27,44,65H,4-6,8-9,11-14,16,18-20,22,25,28-43,45-64H2,1-3H3/b10-7-,17-15-,23-21-,27-26-,44-24-. The molecule has 430 valence electrons. The monoisotopic (exact) mass is 1030 g/mol. The van der Waals surface area contributed by atoms with Crippen molar-refractivity contribution >= 4 is 17.9 Å². The van der Waals surface area contributed by atoms with Crippen molar-refractivity contribution in [3.05, 3.63) is 60.8 Å². The Labute approximate surface area is 460 Å². The summed E-state index contributed by atoms with van der Waals surface area (Å²) >= 11 is 0. The highest BCUT2D eigenvalue weighted by Crippen LogP contribution is 2.17. The van der Waals surface area contributed by atoms with Gasteiger partial charge < -0.3 is 14.2 Å². The number of carbonyl (C=O) groups is 3. The van der Waals surface area contributed by atoms with Gasteiger partial charge in [0, 0.05) is 19.3 Å². The SMILES string of the molecule is CC/C=C\C/C=C\C/C=C\C/C=C\CCCCCCCCCCCCCCCCCCCCCCCCC(=O)OCC(COC(=O)CCCCCCC)OC(=O)CCCCCCC/C=C\CCCCCCCCC. The van der Waals surface area contributed by atoms with Crippen LogP contribution in [0.4, 0.5) is 0 Å². The van der Waals surface area contributed by atoms with Gasteiger partial charge in [0.25, 0.3) is 0 Å². The van der Waals surface area contributed by atoms with Crippen molar-refractivity contribution in [2.24, 2.45) is 0 Å². The van der Waals surface area contributed by atoms with Gasteiger partial charge in [0.1, 0.15) is 13.2 Å². The molecular formula is C68H122O6. The number of unbranched alkanes of at least 4 members (excludes halogenated alkanes) is 38. The minimum absolute atomic E-state index is 0.0727. The molecule has 74 heavy (non-hydrogen) atoms. The van der Waals surface area contributed by atoms with Gasteiger partial charge in [-0.3, -0.25) is 14.4 Å². The molecule has 0 N–H and O–H groups in total. The lowest BCUT2D eigenvalue weighted by atomic mass is 10.0. The van der Waals surface area contributed by atoms with E-state index in [1.165, 1.54) is 199 Å². The highest BCUT2D eigenvalue weighted by molar-refractivity contribution is 5.71. The molecule has 0 aromatic heterocycles. The third-order valence-electron chi connectivity index (χ3n) is 14.3. The van der Waals surface area contributed by atoms with E-state index in [-0.39, 0.29) is 31.1 Å². The van der Waals surface area contributed by atoms with Gasteiger partial charge in [0.2, 0.25) is 0 Å². The highest BCUT2D eigenvalue weighted by Gasteiger charge is 2.19. The molecule has 0 rings (SSSR count). The van der Waals surface area contributed by atoms with Crippen molar-refractivity contribution in [3.8, 4) is 0 Å². The predicted molar refractivity (Wildman–Crippen MR) is 321 cm³/mol. The van der Waals surface area contributed by atoms with E-state index in [1.54, 1.807) is 0 Å². The zero-order chi connectivity index (χ0) is 53.6. The summed E-state index contributed by atoms with van der Waals surface area (Å²) in [4.78, 5) is 37.8. The maximum absolute atomic E-state index is 12.8.